The van der Waals surface area contributed by atoms with E-state index in [0.29, 0.717) is 5.92 Å². The maximum Gasteiger partial charge on any atom is 0.525 e. The number of allylic oxidation sites excluding steroid dienone is 1. The maximum absolute atomic E-state index is 14.6. The molecule has 1 saturated heterocycles. The molecule has 1 heterocycles. The van der Waals surface area contributed by atoms with Gasteiger partial charge in [-0.15, -0.1) is 0 Å². The molecule has 0 unspecified atom stereocenters. The number of rotatable bonds is 2. The average molecular weight is 294 g/mol. The van der Waals surface area contributed by atoms with E-state index in [2.05, 4.69) is 0 Å². The zero-order valence-corrected chi connectivity index (χ0v) is 13.9. The molecule has 2 aliphatic carbocycles. The van der Waals surface area contributed by atoms with Crippen LogP contribution in [0.15, 0.2) is 11.3 Å². The van der Waals surface area contributed by atoms with Crippen molar-refractivity contribution in [2.24, 2.45) is 11.8 Å². The first kappa shape index (κ1) is 15.5. The van der Waals surface area contributed by atoms with Crippen molar-refractivity contribution >= 4 is 7.12 Å². The predicted octanol–water partition coefficient (Wildman–Crippen LogP) is 4.83. The third kappa shape index (κ3) is 2.81. The van der Waals surface area contributed by atoms with Crippen LogP contribution in [0, 0.1) is 11.8 Å². The van der Waals surface area contributed by atoms with E-state index >= 15 is 0 Å². The average Bonchev–Trinajstić information content (AvgIpc) is 2.58. The molecular formula is C17H28BFO2. The fourth-order valence-electron chi connectivity index (χ4n) is 3.82. The third-order valence-electron chi connectivity index (χ3n) is 6.13. The van der Waals surface area contributed by atoms with Crippen molar-refractivity contribution in [1.82, 2.24) is 0 Å². The summed E-state index contributed by atoms with van der Waals surface area (Å²) in [5, 5.41) is 0. The van der Waals surface area contributed by atoms with Gasteiger partial charge in [0.25, 0.3) is 0 Å². The van der Waals surface area contributed by atoms with Crippen LogP contribution in [-0.2, 0) is 9.31 Å². The molecule has 0 amide bonds. The van der Waals surface area contributed by atoms with E-state index in [1.807, 2.05) is 27.7 Å². The van der Waals surface area contributed by atoms with E-state index < -0.39 is 18.3 Å². The lowest BCUT2D eigenvalue weighted by molar-refractivity contribution is 0.00578. The first-order valence-electron chi connectivity index (χ1n) is 8.53. The van der Waals surface area contributed by atoms with Crippen molar-refractivity contribution in [2.75, 3.05) is 0 Å². The van der Waals surface area contributed by atoms with Crippen LogP contribution in [0.3, 0.4) is 0 Å². The second-order valence-electron chi connectivity index (χ2n) is 8.11. The monoisotopic (exact) mass is 294 g/mol. The van der Waals surface area contributed by atoms with Crippen LogP contribution in [0.5, 0.6) is 0 Å². The van der Waals surface area contributed by atoms with Crippen molar-refractivity contribution in [3.05, 3.63) is 11.3 Å². The molecule has 3 fully saturated rings. The van der Waals surface area contributed by atoms with Gasteiger partial charge < -0.3 is 9.31 Å². The van der Waals surface area contributed by atoms with Gasteiger partial charge in [0.05, 0.1) is 11.2 Å². The Kier molecular flexibility index (Phi) is 3.98. The van der Waals surface area contributed by atoms with Gasteiger partial charge in [-0.05, 0) is 57.9 Å². The van der Waals surface area contributed by atoms with Crippen molar-refractivity contribution in [2.45, 2.75) is 83.8 Å². The summed E-state index contributed by atoms with van der Waals surface area (Å²) < 4.78 is 26.2. The molecule has 21 heavy (non-hydrogen) atoms. The van der Waals surface area contributed by atoms with Crippen LogP contribution < -0.4 is 0 Å². The first-order valence-corrected chi connectivity index (χ1v) is 8.53. The molecule has 2 saturated carbocycles. The van der Waals surface area contributed by atoms with Crippen LogP contribution in [-0.4, -0.2) is 18.3 Å². The highest BCUT2D eigenvalue weighted by Crippen LogP contribution is 2.47. The normalized spacial score (nSPS) is 32.1. The summed E-state index contributed by atoms with van der Waals surface area (Å²) in [5.41, 5.74) is -0.130. The summed E-state index contributed by atoms with van der Waals surface area (Å²) in [7, 11) is -0.794. The molecule has 0 N–H and O–H groups in total. The highest BCUT2D eigenvalue weighted by atomic mass is 19.1. The second-order valence-corrected chi connectivity index (χ2v) is 8.11. The fraction of sp³-hybridized carbons (Fsp3) is 0.882. The van der Waals surface area contributed by atoms with Gasteiger partial charge in [-0.1, -0.05) is 32.1 Å². The van der Waals surface area contributed by atoms with Gasteiger partial charge in [0.2, 0.25) is 0 Å². The van der Waals surface area contributed by atoms with Crippen molar-refractivity contribution < 1.29 is 13.7 Å². The molecule has 0 aromatic rings. The smallest absolute Gasteiger partial charge is 0.398 e. The molecule has 2 nitrogen and oxygen atoms in total. The first-order chi connectivity index (χ1) is 9.80. The Morgan fingerprint density at radius 2 is 1.48 bits per heavy atom. The van der Waals surface area contributed by atoms with E-state index in [1.54, 1.807) is 0 Å². The minimum atomic E-state index is -0.794. The lowest BCUT2D eigenvalue weighted by Crippen LogP contribution is -2.41. The van der Waals surface area contributed by atoms with Gasteiger partial charge in [0.1, 0.15) is 5.73 Å². The van der Waals surface area contributed by atoms with Gasteiger partial charge >= 0.3 is 7.12 Å². The molecule has 0 aromatic heterocycles. The Morgan fingerprint density at radius 3 is 2.00 bits per heavy atom. The van der Waals surface area contributed by atoms with Gasteiger partial charge in [-0.25, -0.2) is 4.39 Å². The molecule has 4 heteroatoms. The Labute approximate surface area is 128 Å². The van der Waals surface area contributed by atoms with Crippen molar-refractivity contribution in [1.29, 1.82) is 0 Å². The SMILES string of the molecule is CC1(C)OB(C(F)=C2CC(C3CCCCC3)C2)OC1(C)C. The lowest BCUT2D eigenvalue weighted by atomic mass is 9.65. The molecule has 3 rings (SSSR count). The van der Waals surface area contributed by atoms with Crippen LogP contribution in [0.25, 0.3) is 0 Å². The zero-order valence-electron chi connectivity index (χ0n) is 13.9. The highest BCUT2D eigenvalue weighted by Gasteiger charge is 2.54. The summed E-state index contributed by atoms with van der Waals surface area (Å²) in [6, 6.07) is 0. The fourth-order valence-corrected chi connectivity index (χ4v) is 3.82. The van der Waals surface area contributed by atoms with Crippen molar-refractivity contribution in [3.63, 3.8) is 0 Å². The van der Waals surface area contributed by atoms with E-state index in [9.17, 15) is 4.39 Å². The van der Waals surface area contributed by atoms with Gasteiger partial charge in [-0.2, -0.15) is 0 Å². The minimum Gasteiger partial charge on any atom is -0.398 e. The van der Waals surface area contributed by atoms with Crippen LogP contribution in [0.2, 0.25) is 0 Å². The van der Waals surface area contributed by atoms with Gasteiger partial charge in [-0.3, -0.25) is 0 Å². The maximum atomic E-state index is 14.6. The standard InChI is InChI=1S/C17H28BFO2/c1-16(2)17(3,4)21-18(20-16)15(19)14-10-13(11-14)12-8-6-5-7-9-12/h12-13H,5-11H2,1-4H3. The van der Waals surface area contributed by atoms with E-state index in [1.165, 1.54) is 32.1 Å². The molecule has 0 atom stereocenters. The van der Waals surface area contributed by atoms with Crippen LogP contribution in [0.1, 0.15) is 72.6 Å². The third-order valence-corrected chi connectivity index (χ3v) is 6.13. The van der Waals surface area contributed by atoms with E-state index in [-0.39, 0.29) is 5.73 Å². The largest absolute Gasteiger partial charge is 0.525 e. The topological polar surface area (TPSA) is 18.5 Å². The molecular weight excluding hydrogens is 266 g/mol. The van der Waals surface area contributed by atoms with Gasteiger partial charge in [0, 0.05) is 0 Å². The molecule has 0 aromatic carbocycles. The van der Waals surface area contributed by atoms with Crippen molar-refractivity contribution in [3.8, 4) is 0 Å². The Morgan fingerprint density at radius 1 is 0.952 bits per heavy atom. The number of hydrogen-bond donors (Lipinski definition) is 0. The van der Waals surface area contributed by atoms with Crippen LogP contribution >= 0.6 is 0 Å². The Balaban J connectivity index is 1.61. The summed E-state index contributed by atoms with van der Waals surface area (Å²) >= 11 is 0. The number of halogens is 1. The quantitative estimate of drug-likeness (QED) is 0.679. The Hall–Kier alpha value is -0.345. The minimum absolute atomic E-state index is 0.152. The molecule has 3 aliphatic rings. The van der Waals surface area contributed by atoms with Crippen LogP contribution in [0.4, 0.5) is 4.39 Å². The molecule has 118 valence electrons. The van der Waals surface area contributed by atoms with E-state index in [0.717, 1.165) is 24.3 Å². The molecule has 0 spiro atoms. The summed E-state index contributed by atoms with van der Waals surface area (Å²) in [4.78, 5) is 0. The van der Waals surface area contributed by atoms with E-state index in [4.69, 9.17) is 9.31 Å². The highest BCUT2D eigenvalue weighted by molar-refractivity contribution is 6.53. The molecule has 1 aliphatic heterocycles. The summed E-state index contributed by atoms with van der Waals surface area (Å²) in [6.07, 6.45) is 8.63. The lowest BCUT2D eigenvalue weighted by Gasteiger charge is -2.38. The Bertz CT molecular complexity index is 414. The number of hydrogen-bond acceptors (Lipinski definition) is 2. The molecule has 0 bridgehead atoms. The zero-order chi connectivity index (χ0) is 15.3. The van der Waals surface area contributed by atoms with Gasteiger partial charge in [0.15, 0.2) is 0 Å². The summed E-state index contributed by atoms with van der Waals surface area (Å²) in [6.45, 7) is 7.88. The predicted molar refractivity (Wildman–Crippen MR) is 83.5 cm³/mol. The second kappa shape index (κ2) is 5.38. The molecule has 0 radical (unpaired) electrons. The summed E-state index contributed by atoms with van der Waals surface area (Å²) in [5.74, 6) is 1.53.